The van der Waals surface area contributed by atoms with Crippen molar-refractivity contribution >= 4 is 34.8 Å². The maximum Gasteiger partial charge on any atom is 0.416 e. The van der Waals surface area contributed by atoms with E-state index in [9.17, 15) is 13.2 Å². The van der Waals surface area contributed by atoms with Crippen LogP contribution in [0.5, 0.6) is 0 Å². The van der Waals surface area contributed by atoms with E-state index in [1.807, 2.05) is 0 Å². The molecule has 1 heterocycles. The van der Waals surface area contributed by atoms with Gasteiger partial charge in [0.1, 0.15) is 16.9 Å². The number of alkyl halides is 3. The lowest BCUT2D eigenvalue weighted by molar-refractivity contribution is -0.137. The van der Waals surface area contributed by atoms with Crippen LogP contribution >= 0.6 is 34.8 Å². The predicted octanol–water partition coefficient (Wildman–Crippen LogP) is 4.72. The quantitative estimate of drug-likeness (QED) is 0.753. The standard InChI is InChI=1S/C11H3Cl3F3N3/c12-7-1-5(11(15,16)17)2-8(13)10(7)20-9(14)3-6(4-18)19-20/h1-3H. The molecule has 0 saturated heterocycles. The molecule has 104 valence electrons. The average molecular weight is 341 g/mol. The minimum absolute atomic E-state index is 0.00473. The lowest BCUT2D eigenvalue weighted by Crippen LogP contribution is -2.07. The Morgan fingerprint density at radius 3 is 2.05 bits per heavy atom. The van der Waals surface area contributed by atoms with Gasteiger partial charge in [-0.3, -0.25) is 0 Å². The largest absolute Gasteiger partial charge is 0.416 e. The molecule has 0 saturated carbocycles. The van der Waals surface area contributed by atoms with Crippen molar-refractivity contribution in [3.63, 3.8) is 0 Å². The Hall–Kier alpha value is -1.42. The van der Waals surface area contributed by atoms with Gasteiger partial charge in [0.05, 0.1) is 15.6 Å². The molecule has 0 spiro atoms. The zero-order valence-electron chi connectivity index (χ0n) is 9.34. The van der Waals surface area contributed by atoms with E-state index < -0.39 is 11.7 Å². The second kappa shape index (κ2) is 5.17. The molecule has 0 radical (unpaired) electrons. The highest BCUT2D eigenvalue weighted by molar-refractivity contribution is 6.38. The summed E-state index contributed by atoms with van der Waals surface area (Å²) in [5.41, 5.74) is -1.02. The lowest BCUT2D eigenvalue weighted by atomic mass is 10.2. The molecule has 0 aliphatic rings. The predicted molar refractivity (Wildman–Crippen MR) is 68.3 cm³/mol. The molecule has 0 amide bonds. The first-order valence-electron chi connectivity index (χ1n) is 4.96. The molecule has 0 N–H and O–H groups in total. The van der Waals surface area contributed by atoms with E-state index in [0.717, 1.165) is 4.68 Å². The number of hydrogen-bond acceptors (Lipinski definition) is 2. The molecule has 2 rings (SSSR count). The molecule has 1 aromatic carbocycles. The summed E-state index contributed by atoms with van der Waals surface area (Å²) in [5, 5.41) is 11.9. The summed E-state index contributed by atoms with van der Waals surface area (Å²) >= 11 is 17.5. The van der Waals surface area contributed by atoms with Gasteiger partial charge in [0.25, 0.3) is 0 Å². The van der Waals surface area contributed by atoms with Crippen LogP contribution in [-0.4, -0.2) is 9.78 Å². The maximum atomic E-state index is 12.6. The first-order chi connectivity index (χ1) is 9.24. The van der Waals surface area contributed by atoms with E-state index in [1.165, 1.54) is 6.07 Å². The first-order valence-corrected chi connectivity index (χ1v) is 6.09. The molecular formula is C11H3Cl3F3N3. The third kappa shape index (κ3) is 2.70. The van der Waals surface area contributed by atoms with Gasteiger partial charge >= 0.3 is 6.18 Å². The minimum atomic E-state index is -4.57. The number of nitrogens with zero attached hydrogens (tertiary/aromatic N) is 3. The summed E-state index contributed by atoms with van der Waals surface area (Å²) in [5.74, 6) is 0. The molecule has 0 atom stereocenters. The topological polar surface area (TPSA) is 41.6 Å². The molecule has 1 aromatic heterocycles. The highest BCUT2D eigenvalue weighted by Gasteiger charge is 2.32. The summed E-state index contributed by atoms with van der Waals surface area (Å²) < 4.78 is 38.8. The van der Waals surface area contributed by atoms with Crippen molar-refractivity contribution in [2.75, 3.05) is 0 Å². The zero-order chi connectivity index (χ0) is 15.1. The molecule has 9 heteroatoms. The van der Waals surface area contributed by atoms with E-state index in [2.05, 4.69) is 5.10 Å². The Bertz CT molecular complexity index is 693. The van der Waals surface area contributed by atoms with Crippen LogP contribution in [0.2, 0.25) is 15.2 Å². The van der Waals surface area contributed by atoms with Crippen molar-refractivity contribution in [2.24, 2.45) is 0 Å². The smallest absolute Gasteiger partial charge is 0.218 e. The highest BCUT2D eigenvalue weighted by atomic mass is 35.5. The van der Waals surface area contributed by atoms with Crippen LogP contribution in [0.4, 0.5) is 13.2 Å². The fourth-order valence-corrected chi connectivity index (χ4v) is 2.37. The second-order valence-corrected chi connectivity index (χ2v) is 4.86. The van der Waals surface area contributed by atoms with Gasteiger partial charge in [-0.05, 0) is 12.1 Å². The van der Waals surface area contributed by atoms with E-state index in [4.69, 9.17) is 40.1 Å². The molecule has 2 aromatic rings. The van der Waals surface area contributed by atoms with Gasteiger partial charge in [-0.1, -0.05) is 34.8 Å². The normalized spacial score (nSPS) is 11.4. The Morgan fingerprint density at radius 1 is 1.10 bits per heavy atom. The van der Waals surface area contributed by atoms with Crippen LogP contribution in [0.25, 0.3) is 5.69 Å². The van der Waals surface area contributed by atoms with Crippen LogP contribution in [0.1, 0.15) is 11.3 Å². The fourth-order valence-electron chi connectivity index (χ4n) is 1.50. The van der Waals surface area contributed by atoms with Crippen molar-refractivity contribution in [3.05, 3.63) is 44.7 Å². The fraction of sp³-hybridized carbons (Fsp3) is 0.0909. The second-order valence-electron chi connectivity index (χ2n) is 3.66. The van der Waals surface area contributed by atoms with Crippen LogP contribution < -0.4 is 0 Å². The molecule has 0 aliphatic heterocycles. The maximum absolute atomic E-state index is 12.6. The Balaban J connectivity index is 2.64. The monoisotopic (exact) mass is 339 g/mol. The van der Waals surface area contributed by atoms with Gasteiger partial charge in [-0.25, -0.2) is 4.68 Å². The lowest BCUT2D eigenvalue weighted by Gasteiger charge is -2.12. The molecule has 0 bridgehead atoms. The van der Waals surface area contributed by atoms with Crippen molar-refractivity contribution in [3.8, 4) is 11.8 Å². The van der Waals surface area contributed by atoms with Crippen molar-refractivity contribution < 1.29 is 13.2 Å². The summed E-state index contributed by atoms with van der Waals surface area (Å²) in [6.45, 7) is 0. The third-order valence-corrected chi connectivity index (χ3v) is 3.18. The summed E-state index contributed by atoms with van der Waals surface area (Å²) in [6, 6.07) is 4.42. The van der Waals surface area contributed by atoms with Gasteiger partial charge < -0.3 is 0 Å². The van der Waals surface area contributed by atoms with Gasteiger partial charge in [-0.15, -0.1) is 0 Å². The summed E-state index contributed by atoms with van der Waals surface area (Å²) in [6.07, 6.45) is -4.57. The van der Waals surface area contributed by atoms with E-state index >= 15 is 0 Å². The third-order valence-electron chi connectivity index (χ3n) is 2.34. The Kier molecular flexibility index (Phi) is 3.87. The van der Waals surface area contributed by atoms with Crippen molar-refractivity contribution in [1.82, 2.24) is 9.78 Å². The summed E-state index contributed by atoms with van der Waals surface area (Å²) in [4.78, 5) is 0. The van der Waals surface area contributed by atoms with Crippen LogP contribution in [-0.2, 0) is 6.18 Å². The van der Waals surface area contributed by atoms with Crippen LogP contribution in [0.3, 0.4) is 0 Å². The average Bonchev–Trinajstić information content (AvgIpc) is 2.69. The molecule has 0 aliphatic carbocycles. The number of hydrogen-bond donors (Lipinski definition) is 0. The molecular weight excluding hydrogens is 337 g/mol. The molecule has 0 fully saturated rings. The van der Waals surface area contributed by atoms with E-state index in [-0.39, 0.29) is 26.6 Å². The van der Waals surface area contributed by atoms with Gasteiger partial charge in [0, 0.05) is 6.07 Å². The number of aromatic nitrogens is 2. The van der Waals surface area contributed by atoms with Gasteiger partial charge in [0.2, 0.25) is 0 Å². The summed E-state index contributed by atoms with van der Waals surface area (Å²) in [7, 11) is 0. The minimum Gasteiger partial charge on any atom is -0.218 e. The first kappa shape index (κ1) is 15.0. The van der Waals surface area contributed by atoms with E-state index in [1.54, 1.807) is 6.07 Å². The Labute approximate surface area is 126 Å². The van der Waals surface area contributed by atoms with Gasteiger partial charge in [-0.2, -0.15) is 23.5 Å². The number of rotatable bonds is 1. The number of benzene rings is 1. The molecule has 3 nitrogen and oxygen atoms in total. The molecule has 20 heavy (non-hydrogen) atoms. The van der Waals surface area contributed by atoms with Gasteiger partial charge in [0.15, 0.2) is 5.69 Å². The van der Waals surface area contributed by atoms with Crippen molar-refractivity contribution in [1.29, 1.82) is 5.26 Å². The number of halogens is 6. The zero-order valence-corrected chi connectivity index (χ0v) is 11.6. The SMILES string of the molecule is N#Cc1cc(Cl)n(-c2c(Cl)cc(C(F)(F)F)cc2Cl)n1. The molecule has 0 unspecified atom stereocenters. The highest BCUT2D eigenvalue weighted by Crippen LogP contribution is 2.38. The van der Waals surface area contributed by atoms with Crippen molar-refractivity contribution in [2.45, 2.75) is 6.18 Å². The van der Waals surface area contributed by atoms with Crippen LogP contribution in [0, 0.1) is 11.3 Å². The number of nitriles is 1. The Morgan fingerprint density at radius 2 is 1.65 bits per heavy atom. The van der Waals surface area contributed by atoms with E-state index in [0.29, 0.717) is 12.1 Å². The van der Waals surface area contributed by atoms with Crippen LogP contribution in [0.15, 0.2) is 18.2 Å².